The van der Waals surface area contributed by atoms with Crippen molar-refractivity contribution in [3.05, 3.63) is 32.5 Å². The number of nitro groups is 1. The van der Waals surface area contributed by atoms with Crippen molar-refractivity contribution in [2.45, 2.75) is 18.4 Å². The van der Waals surface area contributed by atoms with Crippen molar-refractivity contribution in [1.29, 1.82) is 0 Å². The zero-order valence-corrected chi connectivity index (χ0v) is 11.6. The minimum absolute atomic E-state index is 0. The zero-order valence-electron chi connectivity index (χ0n) is 9.19. The van der Waals surface area contributed by atoms with Gasteiger partial charge in [-0.05, 0) is 34.8 Å². The van der Waals surface area contributed by atoms with Gasteiger partial charge in [0.2, 0.25) is 5.75 Å². The maximum absolute atomic E-state index is 13.0. The standard InChI is InChI=1S/C10H10BrFN2O3.ClH/c11-7-3-6(12)4-8(14(15)16)9(7)17-5-10(13)1-2-10;/h3-4H,1-2,5,13H2;1H. The quantitative estimate of drug-likeness (QED) is 0.674. The van der Waals surface area contributed by atoms with Gasteiger partial charge in [0, 0.05) is 0 Å². The first-order valence-corrected chi connectivity index (χ1v) is 5.76. The zero-order chi connectivity index (χ0) is 12.6. The Bertz CT molecular complexity index is 482. The van der Waals surface area contributed by atoms with Gasteiger partial charge >= 0.3 is 5.69 Å². The highest BCUT2D eigenvalue weighted by Crippen LogP contribution is 2.39. The largest absolute Gasteiger partial charge is 0.484 e. The van der Waals surface area contributed by atoms with Crippen LogP contribution in [0.2, 0.25) is 0 Å². The van der Waals surface area contributed by atoms with E-state index in [1.54, 1.807) is 0 Å². The average molecular weight is 342 g/mol. The van der Waals surface area contributed by atoms with Gasteiger partial charge in [-0.3, -0.25) is 10.1 Å². The Labute approximate surface area is 117 Å². The third kappa shape index (κ3) is 3.30. The summed E-state index contributed by atoms with van der Waals surface area (Å²) in [5.74, 6) is -0.669. The molecule has 0 saturated heterocycles. The summed E-state index contributed by atoms with van der Waals surface area (Å²) in [5.41, 5.74) is 5.03. The fourth-order valence-electron chi connectivity index (χ4n) is 1.35. The van der Waals surface area contributed by atoms with E-state index in [9.17, 15) is 14.5 Å². The van der Waals surface area contributed by atoms with Crippen molar-refractivity contribution >= 4 is 34.0 Å². The van der Waals surface area contributed by atoms with Crippen LogP contribution < -0.4 is 10.5 Å². The second-order valence-corrected chi connectivity index (χ2v) is 5.00. The monoisotopic (exact) mass is 340 g/mol. The summed E-state index contributed by atoms with van der Waals surface area (Å²) < 4.78 is 18.6. The van der Waals surface area contributed by atoms with Gasteiger partial charge in [0.05, 0.1) is 21.0 Å². The van der Waals surface area contributed by atoms with Gasteiger partial charge < -0.3 is 10.5 Å². The second-order valence-electron chi connectivity index (χ2n) is 4.14. The van der Waals surface area contributed by atoms with E-state index in [0.717, 1.165) is 25.0 Å². The minimum atomic E-state index is -0.690. The molecule has 8 heteroatoms. The molecular formula is C10H11BrClFN2O3. The number of rotatable bonds is 4. The topological polar surface area (TPSA) is 78.4 Å². The lowest BCUT2D eigenvalue weighted by Gasteiger charge is -2.12. The average Bonchev–Trinajstić information content (AvgIpc) is 2.94. The van der Waals surface area contributed by atoms with Crippen molar-refractivity contribution in [2.75, 3.05) is 6.61 Å². The molecule has 0 atom stereocenters. The van der Waals surface area contributed by atoms with E-state index < -0.39 is 16.4 Å². The van der Waals surface area contributed by atoms with Gasteiger partial charge in [0.15, 0.2) is 0 Å². The predicted molar refractivity (Wildman–Crippen MR) is 69.6 cm³/mol. The Hall–Kier alpha value is -0.920. The van der Waals surface area contributed by atoms with E-state index >= 15 is 0 Å². The molecule has 0 aliphatic heterocycles. The molecule has 0 aromatic heterocycles. The number of nitro benzene ring substituents is 1. The lowest BCUT2D eigenvalue weighted by Crippen LogP contribution is -2.30. The third-order valence-electron chi connectivity index (χ3n) is 2.58. The van der Waals surface area contributed by atoms with Gasteiger partial charge in [0.25, 0.3) is 0 Å². The molecule has 1 aliphatic carbocycles. The van der Waals surface area contributed by atoms with Crippen LogP contribution in [-0.2, 0) is 0 Å². The van der Waals surface area contributed by atoms with E-state index in [4.69, 9.17) is 10.5 Å². The van der Waals surface area contributed by atoms with E-state index in [1.165, 1.54) is 0 Å². The molecule has 1 aliphatic rings. The normalized spacial score (nSPS) is 15.7. The van der Waals surface area contributed by atoms with Crippen LogP contribution in [0.25, 0.3) is 0 Å². The fourth-order valence-corrected chi connectivity index (χ4v) is 1.88. The molecule has 18 heavy (non-hydrogen) atoms. The van der Waals surface area contributed by atoms with Gasteiger partial charge in [-0.1, -0.05) is 0 Å². The summed E-state index contributed by atoms with van der Waals surface area (Å²) in [6, 6.07) is 1.95. The summed E-state index contributed by atoms with van der Waals surface area (Å²) in [4.78, 5) is 10.1. The number of halogens is 3. The number of nitrogens with zero attached hydrogens (tertiary/aromatic N) is 1. The molecule has 0 amide bonds. The van der Waals surface area contributed by atoms with E-state index in [0.29, 0.717) is 0 Å². The molecule has 1 aromatic carbocycles. The van der Waals surface area contributed by atoms with Crippen LogP contribution in [0.1, 0.15) is 12.8 Å². The first-order valence-electron chi connectivity index (χ1n) is 4.96. The van der Waals surface area contributed by atoms with Crippen LogP contribution in [0.4, 0.5) is 10.1 Å². The van der Waals surface area contributed by atoms with E-state index in [2.05, 4.69) is 15.9 Å². The maximum Gasteiger partial charge on any atom is 0.315 e. The molecule has 2 rings (SSSR count). The lowest BCUT2D eigenvalue weighted by atomic mass is 10.2. The van der Waals surface area contributed by atoms with E-state index in [1.807, 2.05) is 0 Å². The molecule has 1 aromatic rings. The Morgan fingerprint density at radius 2 is 2.17 bits per heavy atom. The smallest absolute Gasteiger partial charge is 0.315 e. The minimum Gasteiger partial charge on any atom is -0.484 e. The summed E-state index contributed by atoms with van der Waals surface area (Å²) in [6.07, 6.45) is 1.67. The van der Waals surface area contributed by atoms with Crippen LogP contribution in [0.3, 0.4) is 0 Å². The van der Waals surface area contributed by atoms with Crippen LogP contribution in [0.5, 0.6) is 5.75 Å². The third-order valence-corrected chi connectivity index (χ3v) is 3.17. The Morgan fingerprint density at radius 1 is 1.56 bits per heavy atom. The van der Waals surface area contributed by atoms with Crippen LogP contribution in [-0.4, -0.2) is 17.1 Å². The molecule has 1 saturated carbocycles. The maximum atomic E-state index is 13.0. The molecule has 1 fully saturated rings. The van der Waals surface area contributed by atoms with Crippen molar-refractivity contribution < 1.29 is 14.1 Å². The van der Waals surface area contributed by atoms with Gasteiger partial charge in [-0.25, -0.2) is 4.39 Å². The van der Waals surface area contributed by atoms with Crippen molar-refractivity contribution in [2.24, 2.45) is 5.73 Å². The Balaban J connectivity index is 0.00000162. The fraction of sp³-hybridized carbons (Fsp3) is 0.400. The molecule has 5 nitrogen and oxygen atoms in total. The van der Waals surface area contributed by atoms with Crippen molar-refractivity contribution in [3.8, 4) is 5.75 Å². The van der Waals surface area contributed by atoms with Gasteiger partial charge in [-0.2, -0.15) is 0 Å². The van der Waals surface area contributed by atoms with Crippen LogP contribution in [0.15, 0.2) is 16.6 Å². The summed E-state index contributed by atoms with van der Waals surface area (Å²) in [6.45, 7) is 0.193. The van der Waals surface area contributed by atoms with Crippen molar-refractivity contribution in [1.82, 2.24) is 0 Å². The highest BCUT2D eigenvalue weighted by molar-refractivity contribution is 9.10. The first-order chi connectivity index (χ1) is 7.91. The molecule has 0 heterocycles. The molecule has 100 valence electrons. The molecular weight excluding hydrogens is 330 g/mol. The highest BCUT2D eigenvalue weighted by atomic mass is 79.9. The molecule has 0 unspecified atom stereocenters. The Morgan fingerprint density at radius 3 is 2.67 bits per heavy atom. The SMILES string of the molecule is Cl.NC1(COc2c(Br)cc(F)cc2[N+](=O)[O-])CC1. The Kier molecular flexibility index (Phi) is 4.52. The molecule has 0 radical (unpaired) electrons. The molecule has 0 spiro atoms. The van der Waals surface area contributed by atoms with E-state index in [-0.39, 0.29) is 34.8 Å². The number of benzene rings is 1. The van der Waals surface area contributed by atoms with Gasteiger partial charge in [-0.15, -0.1) is 12.4 Å². The van der Waals surface area contributed by atoms with Crippen molar-refractivity contribution in [3.63, 3.8) is 0 Å². The summed E-state index contributed by atoms with van der Waals surface area (Å²) in [5, 5.41) is 10.8. The lowest BCUT2D eigenvalue weighted by molar-refractivity contribution is -0.386. The molecule has 2 N–H and O–H groups in total. The second kappa shape index (κ2) is 5.38. The van der Waals surface area contributed by atoms with Crippen LogP contribution >= 0.6 is 28.3 Å². The predicted octanol–water partition coefficient (Wildman–Crippen LogP) is 2.79. The van der Waals surface area contributed by atoms with Gasteiger partial charge in [0.1, 0.15) is 12.4 Å². The first kappa shape index (κ1) is 15.1. The number of ether oxygens (including phenoxy) is 1. The van der Waals surface area contributed by atoms with Crippen LogP contribution in [0, 0.1) is 15.9 Å². The number of hydrogen-bond acceptors (Lipinski definition) is 4. The summed E-state index contributed by atoms with van der Waals surface area (Å²) in [7, 11) is 0. The number of nitrogens with two attached hydrogens (primary N) is 1. The summed E-state index contributed by atoms with van der Waals surface area (Å²) >= 11 is 3.04. The highest BCUT2D eigenvalue weighted by Gasteiger charge is 2.39. The number of hydrogen-bond donors (Lipinski definition) is 1. The molecule has 0 bridgehead atoms.